The van der Waals surface area contributed by atoms with Crippen molar-refractivity contribution >= 4 is 11.7 Å². The average molecular weight is 225 g/mol. The van der Waals surface area contributed by atoms with Crippen LogP contribution in [0.1, 0.15) is 23.0 Å². The molecule has 6 nitrogen and oxygen atoms in total. The van der Waals surface area contributed by atoms with Crippen molar-refractivity contribution in [3.05, 3.63) is 11.3 Å². The second-order valence-electron chi connectivity index (χ2n) is 4.13. The lowest BCUT2D eigenvalue weighted by Gasteiger charge is -2.19. The minimum Gasteiger partial charge on any atom is -0.382 e. The Morgan fingerprint density at radius 1 is 1.62 bits per heavy atom. The number of anilines is 1. The Labute approximate surface area is 95.2 Å². The fourth-order valence-corrected chi connectivity index (χ4v) is 1.25. The molecule has 4 N–H and O–H groups in total. The molecule has 1 aromatic rings. The van der Waals surface area contributed by atoms with Crippen LogP contribution in [0.2, 0.25) is 0 Å². The van der Waals surface area contributed by atoms with E-state index in [0.29, 0.717) is 17.8 Å². The summed E-state index contributed by atoms with van der Waals surface area (Å²) in [6.45, 7) is 4.38. The minimum absolute atomic E-state index is 0.183. The number of nitrogens with zero attached hydrogens (tertiary/aromatic N) is 2. The van der Waals surface area contributed by atoms with E-state index in [4.69, 9.17) is 5.73 Å². The Bertz CT molecular complexity index is 352. The highest BCUT2D eigenvalue weighted by atomic mass is 16.1. The summed E-state index contributed by atoms with van der Waals surface area (Å²) in [5.41, 5.74) is 6.72. The smallest absolute Gasteiger partial charge is 0.256 e. The van der Waals surface area contributed by atoms with E-state index in [1.807, 2.05) is 25.9 Å². The number of nitrogens with two attached hydrogens (primary N) is 1. The van der Waals surface area contributed by atoms with Crippen molar-refractivity contribution in [2.45, 2.75) is 19.9 Å². The highest BCUT2D eigenvalue weighted by molar-refractivity contribution is 5.99. The van der Waals surface area contributed by atoms with Gasteiger partial charge >= 0.3 is 0 Å². The number of amides is 1. The maximum absolute atomic E-state index is 11.8. The Hall–Kier alpha value is -1.56. The molecule has 16 heavy (non-hydrogen) atoms. The quantitative estimate of drug-likeness (QED) is 0.672. The second kappa shape index (κ2) is 4.98. The molecule has 0 saturated carbocycles. The standard InChI is InChI=1S/C10H19N5O/c1-6(15(3)4)5-12-10(16)8-7(2)13-14-9(8)11/h6H,5H2,1-4H3,(H,12,16)(H3,11,13,14). The topological polar surface area (TPSA) is 87.0 Å². The largest absolute Gasteiger partial charge is 0.382 e. The Morgan fingerprint density at radius 2 is 2.25 bits per heavy atom. The highest BCUT2D eigenvalue weighted by Crippen LogP contribution is 2.11. The normalized spacial score (nSPS) is 12.8. The lowest BCUT2D eigenvalue weighted by Crippen LogP contribution is -2.38. The second-order valence-corrected chi connectivity index (χ2v) is 4.13. The summed E-state index contributed by atoms with van der Waals surface area (Å²) in [7, 11) is 3.93. The number of aryl methyl sites for hydroxylation is 1. The van der Waals surface area contributed by atoms with Gasteiger partial charge in [0.1, 0.15) is 5.56 Å². The molecule has 1 unspecified atom stereocenters. The van der Waals surface area contributed by atoms with Gasteiger partial charge in [0.25, 0.3) is 5.91 Å². The molecule has 0 fully saturated rings. The Morgan fingerprint density at radius 3 is 2.69 bits per heavy atom. The zero-order valence-corrected chi connectivity index (χ0v) is 10.2. The van der Waals surface area contributed by atoms with Crippen molar-refractivity contribution in [3.63, 3.8) is 0 Å². The van der Waals surface area contributed by atoms with Gasteiger partial charge in [-0.05, 0) is 27.9 Å². The zero-order chi connectivity index (χ0) is 12.3. The molecule has 0 aliphatic carbocycles. The lowest BCUT2D eigenvalue weighted by molar-refractivity contribution is 0.0944. The molecule has 0 bridgehead atoms. The lowest BCUT2D eigenvalue weighted by atomic mass is 10.2. The number of likely N-dealkylation sites (N-methyl/N-ethyl adjacent to an activating group) is 1. The van der Waals surface area contributed by atoms with E-state index in [1.54, 1.807) is 6.92 Å². The SMILES string of the molecule is Cc1[nH]nc(N)c1C(=O)NCC(C)N(C)C. The van der Waals surface area contributed by atoms with Gasteiger partial charge in [-0.2, -0.15) is 5.10 Å². The van der Waals surface area contributed by atoms with E-state index in [-0.39, 0.29) is 17.8 Å². The van der Waals surface area contributed by atoms with Crippen LogP contribution >= 0.6 is 0 Å². The molecular weight excluding hydrogens is 206 g/mol. The molecular formula is C10H19N5O. The first-order valence-corrected chi connectivity index (χ1v) is 5.18. The van der Waals surface area contributed by atoms with E-state index in [0.717, 1.165) is 0 Å². The van der Waals surface area contributed by atoms with Crippen LogP contribution in [0.5, 0.6) is 0 Å². The summed E-state index contributed by atoms with van der Waals surface area (Å²) < 4.78 is 0. The van der Waals surface area contributed by atoms with Crippen LogP contribution in [-0.4, -0.2) is 47.7 Å². The number of H-pyrrole nitrogens is 1. The van der Waals surface area contributed by atoms with Gasteiger partial charge in [-0.1, -0.05) is 0 Å². The van der Waals surface area contributed by atoms with Crippen molar-refractivity contribution in [2.75, 3.05) is 26.4 Å². The summed E-state index contributed by atoms with van der Waals surface area (Å²) in [5.74, 6) is 0.0601. The maximum Gasteiger partial charge on any atom is 0.256 e. The molecule has 0 radical (unpaired) electrons. The maximum atomic E-state index is 11.8. The van der Waals surface area contributed by atoms with Crippen molar-refractivity contribution in [3.8, 4) is 0 Å². The molecule has 1 atom stereocenters. The van der Waals surface area contributed by atoms with Crippen molar-refractivity contribution in [1.82, 2.24) is 20.4 Å². The molecule has 0 aliphatic rings. The van der Waals surface area contributed by atoms with Gasteiger partial charge in [-0.3, -0.25) is 9.89 Å². The summed E-state index contributed by atoms with van der Waals surface area (Å²) in [6, 6.07) is 0.275. The van der Waals surface area contributed by atoms with Crippen molar-refractivity contribution < 1.29 is 4.79 Å². The molecule has 1 amide bonds. The minimum atomic E-state index is -0.183. The van der Waals surface area contributed by atoms with Gasteiger partial charge < -0.3 is 16.0 Å². The van der Waals surface area contributed by atoms with Gasteiger partial charge in [-0.15, -0.1) is 0 Å². The fraction of sp³-hybridized carbons (Fsp3) is 0.600. The van der Waals surface area contributed by atoms with Gasteiger partial charge in [0.05, 0.1) is 0 Å². The third kappa shape index (κ3) is 2.73. The summed E-state index contributed by atoms with van der Waals surface area (Å²) in [4.78, 5) is 13.8. The number of nitrogens with one attached hydrogen (secondary N) is 2. The highest BCUT2D eigenvalue weighted by Gasteiger charge is 2.16. The van der Waals surface area contributed by atoms with Crippen LogP contribution in [-0.2, 0) is 0 Å². The number of aromatic amines is 1. The number of aromatic nitrogens is 2. The molecule has 1 aromatic heterocycles. The van der Waals surface area contributed by atoms with Crippen LogP contribution in [0.4, 0.5) is 5.82 Å². The predicted octanol–water partition coefficient (Wildman–Crippen LogP) is -0.0198. The molecule has 0 spiro atoms. The molecule has 0 aromatic carbocycles. The molecule has 90 valence electrons. The predicted molar refractivity (Wildman–Crippen MR) is 63.2 cm³/mol. The zero-order valence-electron chi connectivity index (χ0n) is 10.2. The summed E-state index contributed by atoms with van der Waals surface area (Å²) in [6.07, 6.45) is 0. The number of nitrogen functional groups attached to an aromatic ring is 1. The Balaban J connectivity index is 2.60. The molecule has 1 heterocycles. The third-order valence-electron chi connectivity index (χ3n) is 2.64. The van der Waals surface area contributed by atoms with Crippen LogP contribution in [0, 0.1) is 6.92 Å². The number of carbonyl (C=O) groups excluding carboxylic acids is 1. The van der Waals surface area contributed by atoms with Crippen molar-refractivity contribution in [2.24, 2.45) is 0 Å². The summed E-state index contributed by atoms with van der Waals surface area (Å²) in [5, 5.41) is 9.29. The first-order chi connectivity index (χ1) is 7.43. The van der Waals surface area contributed by atoms with Crippen LogP contribution in [0.25, 0.3) is 0 Å². The molecule has 6 heteroatoms. The van der Waals surface area contributed by atoms with Crippen LogP contribution < -0.4 is 11.1 Å². The van der Waals surface area contributed by atoms with Crippen LogP contribution in [0.15, 0.2) is 0 Å². The number of carbonyl (C=O) groups is 1. The van der Waals surface area contributed by atoms with Gasteiger partial charge in [0.2, 0.25) is 0 Å². The number of hydrogen-bond donors (Lipinski definition) is 3. The third-order valence-corrected chi connectivity index (χ3v) is 2.64. The van der Waals surface area contributed by atoms with Gasteiger partial charge in [-0.25, -0.2) is 0 Å². The van der Waals surface area contributed by atoms with E-state index >= 15 is 0 Å². The monoisotopic (exact) mass is 225 g/mol. The first kappa shape index (κ1) is 12.5. The van der Waals surface area contributed by atoms with Crippen LogP contribution in [0.3, 0.4) is 0 Å². The fourth-order valence-electron chi connectivity index (χ4n) is 1.25. The van der Waals surface area contributed by atoms with E-state index < -0.39 is 0 Å². The van der Waals surface area contributed by atoms with Gasteiger partial charge in [0.15, 0.2) is 5.82 Å². The average Bonchev–Trinajstić information content (AvgIpc) is 2.54. The van der Waals surface area contributed by atoms with E-state index in [2.05, 4.69) is 15.5 Å². The van der Waals surface area contributed by atoms with E-state index in [9.17, 15) is 4.79 Å². The number of hydrogen-bond acceptors (Lipinski definition) is 4. The van der Waals surface area contributed by atoms with E-state index in [1.165, 1.54) is 0 Å². The van der Waals surface area contributed by atoms with Gasteiger partial charge in [0, 0.05) is 18.3 Å². The number of rotatable bonds is 4. The first-order valence-electron chi connectivity index (χ1n) is 5.18. The Kier molecular flexibility index (Phi) is 3.89. The summed E-state index contributed by atoms with van der Waals surface area (Å²) >= 11 is 0. The van der Waals surface area contributed by atoms with Crippen molar-refractivity contribution in [1.29, 1.82) is 0 Å². The molecule has 0 saturated heterocycles. The molecule has 1 rings (SSSR count). The molecule has 0 aliphatic heterocycles.